The summed E-state index contributed by atoms with van der Waals surface area (Å²) in [4.78, 5) is 21.0. The Morgan fingerprint density at radius 2 is 2.15 bits per heavy atom. The van der Waals surface area contributed by atoms with Crippen LogP contribution in [0.5, 0.6) is 5.88 Å². The third-order valence-electron chi connectivity index (χ3n) is 2.86. The second kappa shape index (κ2) is 4.61. The summed E-state index contributed by atoms with van der Waals surface area (Å²) < 4.78 is 1.41. The predicted octanol–water partition coefficient (Wildman–Crippen LogP) is 2.26. The fraction of sp³-hybridized carbons (Fsp3) is 0.182. The third kappa shape index (κ3) is 2.05. The lowest BCUT2D eigenvalue weighted by Crippen LogP contribution is -2.01. The summed E-state index contributed by atoms with van der Waals surface area (Å²) >= 11 is 0. The van der Waals surface area contributed by atoms with Gasteiger partial charge in [-0.3, -0.25) is 10.1 Å². The molecule has 0 unspecified atom stereocenters. The van der Waals surface area contributed by atoms with Crippen molar-refractivity contribution in [2.75, 3.05) is 0 Å². The first-order valence-electron chi connectivity index (χ1n) is 5.50. The third-order valence-corrected chi connectivity index (χ3v) is 2.86. The molecule has 3 N–H and O–H groups in total. The van der Waals surface area contributed by atoms with Gasteiger partial charge in [0.2, 0.25) is 5.88 Å². The number of hydrogen-bond acceptors (Lipinski definition) is 5. The second-order valence-corrected chi connectivity index (χ2v) is 4.19. The van der Waals surface area contributed by atoms with Gasteiger partial charge in [-0.2, -0.15) is 0 Å². The molecule has 2 rings (SSSR count). The molecule has 1 heterocycles. The number of benzene rings is 1. The van der Waals surface area contributed by atoms with Gasteiger partial charge in [-0.15, -0.1) is 5.11 Å². The molecule has 2 amide bonds. The second-order valence-electron chi connectivity index (χ2n) is 4.19. The molecule has 9 heteroatoms. The Labute approximate surface area is 112 Å². The van der Waals surface area contributed by atoms with Gasteiger partial charge >= 0.3 is 6.03 Å². The summed E-state index contributed by atoms with van der Waals surface area (Å²) in [5, 5.41) is 27.9. The first-order chi connectivity index (χ1) is 9.32. The van der Waals surface area contributed by atoms with Crippen molar-refractivity contribution in [1.82, 2.24) is 4.57 Å². The minimum Gasteiger partial charge on any atom is -0.493 e. The van der Waals surface area contributed by atoms with Gasteiger partial charge in [-0.1, -0.05) is 5.11 Å². The number of amides is 2. The van der Waals surface area contributed by atoms with Crippen molar-refractivity contribution >= 4 is 28.3 Å². The molecule has 2 aromatic rings. The highest BCUT2D eigenvalue weighted by atomic mass is 16.6. The molecule has 104 valence electrons. The highest BCUT2D eigenvalue weighted by Crippen LogP contribution is 2.41. The number of rotatable bonds is 2. The molecule has 0 atom stereocenters. The minimum atomic E-state index is -1.02. The zero-order chi connectivity index (χ0) is 15.0. The molecule has 0 aliphatic rings. The Balaban J connectivity index is 2.83. The molecule has 0 spiro atoms. The summed E-state index contributed by atoms with van der Waals surface area (Å²) in [6, 6.07) is 1.62. The number of fused-ring (bicyclic) bond motifs is 1. The van der Waals surface area contributed by atoms with E-state index in [2.05, 4.69) is 10.2 Å². The van der Waals surface area contributed by atoms with E-state index < -0.39 is 11.0 Å². The number of aryl methyl sites for hydroxylation is 2. The number of carbonyl (C=O) groups is 1. The molecule has 0 fully saturated rings. The van der Waals surface area contributed by atoms with Crippen molar-refractivity contribution in [3.8, 4) is 5.88 Å². The van der Waals surface area contributed by atoms with E-state index in [9.17, 15) is 20.0 Å². The van der Waals surface area contributed by atoms with Gasteiger partial charge in [0.15, 0.2) is 5.69 Å². The van der Waals surface area contributed by atoms with Gasteiger partial charge in [-0.25, -0.2) is 4.79 Å². The molecule has 0 aliphatic carbocycles. The summed E-state index contributed by atoms with van der Waals surface area (Å²) in [6.45, 7) is 1.67. The van der Waals surface area contributed by atoms with Crippen LogP contribution in [0, 0.1) is 17.0 Å². The molecular formula is C11H11N5O4. The normalized spacial score (nSPS) is 11.3. The molecule has 20 heavy (non-hydrogen) atoms. The number of nitro benzene ring substituents is 1. The quantitative estimate of drug-likeness (QED) is 0.494. The number of azo groups is 1. The number of non-ortho nitro benzene ring substituents is 1. The standard InChI is InChI=1S/C11H11N5O4/c1-5-3-6(16(19)20)4-7-8(13-14-11(12)18)10(17)15(2)9(5)7/h3-4,17H,1-2H3,(H2,12,18). The highest BCUT2D eigenvalue weighted by molar-refractivity contribution is 5.98. The van der Waals surface area contributed by atoms with E-state index in [1.807, 2.05) is 0 Å². The number of aromatic nitrogens is 1. The number of aromatic hydroxyl groups is 1. The Morgan fingerprint density at radius 3 is 2.70 bits per heavy atom. The van der Waals surface area contributed by atoms with Crippen LogP contribution < -0.4 is 5.73 Å². The highest BCUT2D eigenvalue weighted by Gasteiger charge is 2.20. The fourth-order valence-electron chi connectivity index (χ4n) is 2.07. The number of nitro groups is 1. The van der Waals surface area contributed by atoms with Gasteiger partial charge in [0.1, 0.15) is 0 Å². The lowest BCUT2D eigenvalue weighted by molar-refractivity contribution is -0.384. The van der Waals surface area contributed by atoms with E-state index in [1.165, 1.54) is 16.7 Å². The van der Waals surface area contributed by atoms with Gasteiger partial charge in [0.05, 0.1) is 10.4 Å². The lowest BCUT2D eigenvalue weighted by Gasteiger charge is -2.01. The van der Waals surface area contributed by atoms with E-state index in [0.717, 1.165) is 0 Å². The summed E-state index contributed by atoms with van der Waals surface area (Å²) in [6.07, 6.45) is 0. The van der Waals surface area contributed by atoms with Crippen LogP contribution in [-0.2, 0) is 7.05 Å². The van der Waals surface area contributed by atoms with E-state index in [0.29, 0.717) is 16.5 Å². The zero-order valence-electron chi connectivity index (χ0n) is 10.7. The zero-order valence-corrected chi connectivity index (χ0v) is 10.7. The van der Waals surface area contributed by atoms with Crippen molar-refractivity contribution in [3.05, 3.63) is 27.8 Å². The molecule has 0 radical (unpaired) electrons. The van der Waals surface area contributed by atoms with Crippen LogP contribution in [0.3, 0.4) is 0 Å². The Morgan fingerprint density at radius 1 is 1.50 bits per heavy atom. The molecule has 9 nitrogen and oxygen atoms in total. The fourth-order valence-corrected chi connectivity index (χ4v) is 2.07. The number of carbonyl (C=O) groups excluding carboxylic acids is 1. The Hall–Kier alpha value is -2.97. The summed E-state index contributed by atoms with van der Waals surface area (Å²) in [7, 11) is 1.57. The average molecular weight is 277 g/mol. The van der Waals surface area contributed by atoms with Crippen molar-refractivity contribution in [2.45, 2.75) is 6.92 Å². The predicted molar refractivity (Wildman–Crippen MR) is 70.1 cm³/mol. The summed E-state index contributed by atoms with van der Waals surface area (Å²) in [5.41, 5.74) is 5.83. The SMILES string of the molecule is Cc1cc([N+](=O)[O-])cc2c(N=NC(N)=O)c(O)n(C)c12. The maximum absolute atomic E-state index is 10.9. The van der Waals surface area contributed by atoms with Crippen molar-refractivity contribution in [2.24, 2.45) is 23.0 Å². The maximum Gasteiger partial charge on any atom is 0.356 e. The van der Waals surface area contributed by atoms with Crippen molar-refractivity contribution in [1.29, 1.82) is 0 Å². The first-order valence-corrected chi connectivity index (χ1v) is 5.50. The summed E-state index contributed by atoms with van der Waals surface area (Å²) in [5.74, 6) is -0.256. The molecule has 1 aromatic heterocycles. The van der Waals surface area contributed by atoms with Crippen LogP contribution in [-0.4, -0.2) is 20.6 Å². The molecule has 0 saturated carbocycles. The number of nitrogens with two attached hydrogens (primary N) is 1. The Bertz CT molecular complexity index is 762. The van der Waals surface area contributed by atoms with Gasteiger partial charge in [-0.05, 0) is 12.5 Å². The molecule has 0 saturated heterocycles. The topological polar surface area (TPSA) is 136 Å². The van der Waals surface area contributed by atoms with E-state index in [-0.39, 0.29) is 17.3 Å². The largest absolute Gasteiger partial charge is 0.493 e. The molecule has 0 aliphatic heterocycles. The average Bonchev–Trinajstić information content (AvgIpc) is 2.60. The van der Waals surface area contributed by atoms with Crippen molar-refractivity contribution < 1.29 is 14.8 Å². The van der Waals surface area contributed by atoms with Crippen LogP contribution in [0.4, 0.5) is 16.2 Å². The van der Waals surface area contributed by atoms with Crippen LogP contribution in [0.1, 0.15) is 5.56 Å². The van der Waals surface area contributed by atoms with E-state index >= 15 is 0 Å². The maximum atomic E-state index is 10.9. The minimum absolute atomic E-state index is 0.0342. The van der Waals surface area contributed by atoms with Crippen LogP contribution in [0.15, 0.2) is 22.4 Å². The smallest absolute Gasteiger partial charge is 0.356 e. The molecular weight excluding hydrogens is 266 g/mol. The monoisotopic (exact) mass is 277 g/mol. The van der Waals surface area contributed by atoms with E-state index in [1.54, 1.807) is 14.0 Å². The van der Waals surface area contributed by atoms with Gasteiger partial charge < -0.3 is 15.4 Å². The lowest BCUT2D eigenvalue weighted by atomic mass is 10.1. The number of primary amides is 1. The number of hydrogen-bond donors (Lipinski definition) is 2. The van der Waals surface area contributed by atoms with Crippen molar-refractivity contribution in [3.63, 3.8) is 0 Å². The Kier molecular flexibility index (Phi) is 3.10. The number of nitrogens with zero attached hydrogens (tertiary/aromatic N) is 4. The van der Waals surface area contributed by atoms with E-state index in [4.69, 9.17) is 5.73 Å². The van der Waals surface area contributed by atoms with Gasteiger partial charge in [0, 0.05) is 24.6 Å². The molecule has 1 aromatic carbocycles. The first kappa shape index (κ1) is 13.5. The number of urea groups is 1. The van der Waals surface area contributed by atoms with Crippen LogP contribution >= 0.6 is 0 Å². The van der Waals surface area contributed by atoms with Crippen LogP contribution in [0.25, 0.3) is 10.9 Å². The van der Waals surface area contributed by atoms with Crippen LogP contribution in [0.2, 0.25) is 0 Å². The molecule has 0 bridgehead atoms. The van der Waals surface area contributed by atoms with Gasteiger partial charge in [0.25, 0.3) is 5.69 Å².